The third kappa shape index (κ3) is 1.84. The van der Waals surface area contributed by atoms with E-state index >= 15 is 0 Å². The molecule has 0 unspecified atom stereocenters. The Morgan fingerprint density at radius 3 is 2.77 bits per heavy atom. The van der Waals surface area contributed by atoms with Crippen LogP contribution >= 0.6 is 0 Å². The maximum absolute atomic E-state index is 4.87. The summed E-state index contributed by atoms with van der Waals surface area (Å²) in [6, 6.07) is 15.2. The Balaban J connectivity index is 1.62. The third-order valence-corrected chi connectivity index (χ3v) is 7.83. The van der Waals surface area contributed by atoms with Crippen molar-refractivity contribution in [3.8, 4) is 0 Å². The van der Waals surface area contributed by atoms with Crippen LogP contribution in [0.1, 0.15) is 23.1 Å². The van der Waals surface area contributed by atoms with Crippen LogP contribution in [-0.2, 0) is 23.2 Å². The van der Waals surface area contributed by atoms with Crippen LogP contribution in [0.4, 0.5) is 5.69 Å². The molecule has 102 valence electrons. The Hall–Kier alpha value is -1.79. The summed E-state index contributed by atoms with van der Waals surface area (Å²) >= 11 is -0.675. The summed E-state index contributed by atoms with van der Waals surface area (Å²) in [5, 5.41) is 0. The molecule has 0 spiro atoms. The molecule has 0 radical (unpaired) electrons. The van der Waals surface area contributed by atoms with Gasteiger partial charge < -0.3 is 0 Å². The maximum atomic E-state index is 4.87. The molecule has 2 aromatic carbocycles. The first-order chi connectivity index (χ1) is 10.9. The molecular formula is C20H13NZr. The Labute approximate surface area is 141 Å². The second kappa shape index (κ2) is 4.86. The van der Waals surface area contributed by atoms with E-state index in [1.165, 1.54) is 28.0 Å². The summed E-state index contributed by atoms with van der Waals surface area (Å²) in [6.07, 6.45) is 10.3. The number of para-hydroxylation sites is 1. The van der Waals surface area contributed by atoms with Gasteiger partial charge in [-0.1, -0.05) is 0 Å². The van der Waals surface area contributed by atoms with Gasteiger partial charge in [-0.15, -0.1) is 0 Å². The van der Waals surface area contributed by atoms with Crippen LogP contribution in [0.5, 0.6) is 0 Å². The summed E-state index contributed by atoms with van der Waals surface area (Å²) in [5.74, 6) is 0. The van der Waals surface area contributed by atoms with Gasteiger partial charge in [-0.25, -0.2) is 0 Å². The van der Waals surface area contributed by atoms with Gasteiger partial charge in [0.25, 0.3) is 0 Å². The molecule has 2 aliphatic carbocycles. The average molecular weight is 359 g/mol. The SMILES string of the molecule is C1=CC[C]([Zr][c]2cccc3c2C=C2C3=Nc3ccccc32)=C1. The number of aliphatic imine (C=N–C) groups is 1. The van der Waals surface area contributed by atoms with E-state index in [1.807, 2.05) is 0 Å². The average Bonchev–Trinajstić information content (AvgIpc) is 3.23. The fraction of sp³-hybridized carbons (Fsp3) is 0.0500. The quantitative estimate of drug-likeness (QED) is 0.762. The van der Waals surface area contributed by atoms with E-state index in [0.717, 1.165) is 12.1 Å². The molecule has 0 amide bonds. The van der Waals surface area contributed by atoms with Gasteiger partial charge in [0, 0.05) is 0 Å². The van der Waals surface area contributed by atoms with Gasteiger partial charge in [-0.2, -0.15) is 0 Å². The molecule has 0 bridgehead atoms. The Morgan fingerprint density at radius 2 is 1.86 bits per heavy atom. The first-order valence-electron chi connectivity index (χ1n) is 7.56. The molecule has 0 atom stereocenters. The summed E-state index contributed by atoms with van der Waals surface area (Å²) in [7, 11) is 0. The molecule has 22 heavy (non-hydrogen) atoms. The van der Waals surface area contributed by atoms with Gasteiger partial charge in [-0.3, -0.25) is 0 Å². The molecule has 1 heterocycles. The number of hydrogen-bond donors (Lipinski definition) is 0. The van der Waals surface area contributed by atoms with Crippen molar-refractivity contribution in [3.63, 3.8) is 0 Å². The molecule has 0 saturated carbocycles. The molecule has 2 aromatic rings. The fourth-order valence-electron chi connectivity index (χ4n) is 3.35. The predicted octanol–water partition coefficient (Wildman–Crippen LogP) is 4.23. The molecule has 0 fully saturated rings. The van der Waals surface area contributed by atoms with E-state index in [4.69, 9.17) is 4.99 Å². The number of hydrogen-bond acceptors (Lipinski definition) is 1. The second-order valence-electron chi connectivity index (χ2n) is 5.75. The summed E-state index contributed by atoms with van der Waals surface area (Å²) in [5.41, 5.74) is 7.66. The zero-order chi connectivity index (χ0) is 14.5. The van der Waals surface area contributed by atoms with Gasteiger partial charge in [0.15, 0.2) is 0 Å². The number of fused-ring (bicyclic) bond motifs is 5. The number of benzene rings is 2. The van der Waals surface area contributed by atoms with E-state index in [2.05, 4.69) is 66.8 Å². The van der Waals surface area contributed by atoms with Crippen molar-refractivity contribution in [2.75, 3.05) is 0 Å². The van der Waals surface area contributed by atoms with Crippen LogP contribution in [0.2, 0.25) is 0 Å². The van der Waals surface area contributed by atoms with Crippen molar-refractivity contribution in [1.82, 2.24) is 0 Å². The second-order valence-corrected chi connectivity index (χ2v) is 9.27. The first kappa shape index (κ1) is 12.7. The van der Waals surface area contributed by atoms with Crippen molar-refractivity contribution in [1.29, 1.82) is 0 Å². The fourth-order valence-corrected chi connectivity index (χ4v) is 6.47. The standard InChI is InChI=1S/C15H8N.C5H5.Zr/c1-2-6-11-10(5-1)9-13-12-7-3-4-8-14(12)16-15(11)13;1-2-4-5-3-1;/h1-4,6-9H;1-3H,4H2;. The molecule has 1 aliphatic heterocycles. The zero-order valence-electron chi connectivity index (χ0n) is 12.0. The predicted molar refractivity (Wildman–Crippen MR) is 88.4 cm³/mol. The van der Waals surface area contributed by atoms with Crippen molar-refractivity contribution in [3.05, 3.63) is 80.7 Å². The molecular weight excluding hydrogens is 345 g/mol. The van der Waals surface area contributed by atoms with Crippen molar-refractivity contribution >= 4 is 26.3 Å². The van der Waals surface area contributed by atoms with Crippen LogP contribution in [0.3, 0.4) is 0 Å². The molecule has 3 aliphatic rings. The Kier molecular flexibility index (Phi) is 2.81. The van der Waals surface area contributed by atoms with Crippen molar-refractivity contribution in [2.45, 2.75) is 6.42 Å². The molecule has 0 aromatic heterocycles. The van der Waals surface area contributed by atoms with Gasteiger partial charge in [0.05, 0.1) is 0 Å². The zero-order valence-corrected chi connectivity index (χ0v) is 14.5. The van der Waals surface area contributed by atoms with E-state index in [9.17, 15) is 0 Å². The van der Waals surface area contributed by atoms with Gasteiger partial charge >= 0.3 is 142 Å². The van der Waals surface area contributed by atoms with Crippen LogP contribution in [-0.4, -0.2) is 5.71 Å². The van der Waals surface area contributed by atoms with Crippen molar-refractivity contribution < 1.29 is 23.2 Å². The topological polar surface area (TPSA) is 12.4 Å². The molecule has 2 heteroatoms. The Bertz CT molecular complexity index is 928. The normalized spacial score (nSPS) is 16.6. The minimum absolute atomic E-state index is 0.675. The van der Waals surface area contributed by atoms with Crippen LogP contribution in [0, 0.1) is 0 Å². The van der Waals surface area contributed by atoms with E-state index < -0.39 is 23.2 Å². The summed E-state index contributed by atoms with van der Waals surface area (Å²) in [6.45, 7) is 0. The van der Waals surface area contributed by atoms with Crippen molar-refractivity contribution in [2.24, 2.45) is 4.99 Å². The van der Waals surface area contributed by atoms with Crippen LogP contribution < -0.4 is 3.27 Å². The van der Waals surface area contributed by atoms with Gasteiger partial charge in [-0.05, 0) is 0 Å². The van der Waals surface area contributed by atoms with Gasteiger partial charge in [0.1, 0.15) is 0 Å². The molecule has 0 N–H and O–H groups in total. The van der Waals surface area contributed by atoms with E-state index in [1.54, 1.807) is 6.55 Å². The van der Waals surface area contributed by atoms with Crippen LogP contribution in [0.15, 0.2) is 69.0 Å². The Morgan fingerprint density at radius 1 is 0.955 bits per heavy atom. The monoisotopic (exact) mass is 357 g/mol. The minimum atomic E-state index is -0.675. The first-order valence-corrected chi connectivity index (χ1v) is 10.0. The van der Waals surface area contributed by atoms with Crippen LogP contribution in [0.25, 0.3) is 11.6 Å². The molecule has 5 rings (SSSR count). The number of allylic oxidation sites excluding steroid dienone is 5. The third-order valence-electron chi connectivity index (χ3n) is 4.40. The number of rotatable bonds is 2. The summed E-state index contributed by atoms with van der Waals surface area (Å²) in [4.78, 5) is 4.87. The van der Waals surface area contributed by atoms with Gasteiger partial charge in [0.2, 0.25) is 0 Å². The number of nitrogens with zero attached hydrogens (tertiary/aromatic N) is 1. The van der Waals surface area contributed by atoms with E-state index in [-0.39, 0.29) is 0 Å². The molecule has 0 saturated heterocycles. The summed E-state index contributed by atoms with van der Waals surface area (Å²) < 4.78 is 3.24. The van der Waals surface area contributed by atoms with E-state index in [0.29, 0.717) is 0 Å². The molecule has 1 nitrogen and oxygen atoms in total.